The number of amides is 1. The van der Waals surface area contributed by atoms with Crippen molar-refractivity contribution in [1.82, 2.24) is 15.1 Å². The molecule has 2 heterocycles. The van der Waals surface area contributed by atoms with Gasteiger partial charge >= 0.3 is 0 Å². The van der Waals surface area contributed by atoms with Gasteiger partial charge in [0.05, 0.1) is 17.6 Å². The number of carbonyl (C=O) groups is 1. The van der Waals surface area contributed by atoms with Crippen molar-refractivity contribution >= 4 is 23.2 Å². The van der Waals surface area contributed by atoms with Gasteiger partial charge in [-0.05, 0) is 30.9 Å². The Morgan fingerprint density at radius 1 is 1.29 bits per heavy atom. The van der Waals surface area contributed by atoms with Crippen molar-refractivity contribution in [2.75, 3.05) is 24.5 Å². The van der Waals surface area contributed by atoms with Crippen LogP contribution in [-0.4, -0.2) is 35.3 Å². The first-order valence-electron chi connectivity index (χ1n) is 9.64. The van der Waals surface area contributed by atoms with Crippen LogP contribution in [0.2, 0.25) is 5.02 Å². The molecule has 1 amide bonds. The Hall–Kier alpha value is -2.34. The maximum Gasteiger partial charge on any atom is 0.292 e. The summed E-state index contributed by atoms with van der Waals surface area (Å²) < 4.78 is 1.32. The molecule has 1 aromatic carbocycles. The van der Waals surface area contributed by atoms with E-state index in [0.29, 0.717) is 23.8 Å². The van der Waals surface area contributed by atoms with E-state index in [1.54, 1.807) is 6.20 Å². The topological polar surface area (TPSA) is 67.2 Å². The fourth-order valence-corrected chi connectivity index (χ4v) is 3.60. The maximum atomic E-state index is 12.7. The third kappa shape index (κ3) is 4.55. The van der Waals surface area contributed by atoms with Gasteiger partial charge in [-0.2, -0.15) is 9.78 Å². The highest BCUT2D eigenvalue weighted by atomic mass is 35.5. The van der Waals surface area contributed by atoms with E-state index in [1.807, 2.05) is 51.1 Å². The van der Waals surface area contributed by atoms with Crippen molar-refractivity contribution in [1.29, 1.82) is 0 Å². The van der Waals surface area contributed by atoms with Gasteiger partial charge < -0.3 is 10.2 Å². The molecule has 0 aliphatic carbocycles. The number of hydrogen-bond acceptors (Lipinski definition) is 4. The van der Waals surface area contributed by atoms with E-state index in [0.717, 1.165) is 25.9 Å². The molecule has 6 nitrogen and oxygen atoms in total. The van der Waals surface area contributed by atoms with Gasteiger partial charge in [-0.15, -0.1) is 0 Å². The van der Waals surface area contributed by atoms with E-state index in [-0.39, 0.29) is 16.5 Å². The lowest BCUT2D eigenvalue weighted by Gasteiger charge is -2.35. The molecule has 1 atom stereocenters. The molecule has 1 unspecified atom stereocenters. The molecule has 1 N–H and O–H groups in total. The van der Waals surface area contributed by atoms with Crippen LogP contribution in [0.4, 0.5) is 5.69 Å². The van der Waals surface area contributed by atoms with Crippen molar-refractivity contribution in [3.63, 3.8) is 0 Å². The lowest BCUT2D eigenvalue weighted by molar-refractivity contribution is -0.128. The third-order valence-electron chi connectivity index (χ3n) is 4.99. The number of aromatic nitrogens is 2. The van der Waals surface area contributed by atoms with Crippen molar-refractivity contribution in [2.24, 2.45) is 11.3 Å². The number of piperidine rings is 1. The van der Waals surface area contributed by atoms with Gasteiger partial charge in [-0.1, -0.05) is 50.6 Å². The zero-order valence-electron chi connectivity index (χ0n) is 16.6. The number of halogens is 1. The molecule has 0 radical (unpaired) electrons. The van der Waals surface area contributed by atoms with E-state index in [9.17, 15) is 9.59 Å². The van der Waals surface area contributed by atoms with Gasteiger partial charge in [-0.3, -0.25) is 9.59 Å². The van der Waals surface area contributed by atoms with Gasteiger partial charge in [0.25, 0.3) is 5.56 Å². The van der Waals surface area contributed by atoms with Gasteiger partial charge in [-0.25, -0.2) is 0 Å². The molecule has 0 bridgehead atoms. The summed E-state index contributed by atoms with van der Waals surface area (Å²) in [5, 5.41) is 7.54. The first kappa shape index (κ1) is 20.4. The van der Waals surface area contributed by atoms with Crippen LogP contribution in [-0.2, 0) is 4.79 Å². The van der Waals surface area contributed by atoms with Crippen LogP contribution in [0.25, 0.3) is 5.69 Å². The predicted molar refractivity (Wildman–Crippen MR) is 112 cm³/mol. The SMILES string of the molecule is CC(C)(C)C(=O)NCC1CCCN(c2cnn(-c3ccccc3)c(=O)c2Cl)C1. The van der Waals surface area contributed by atoms with E-state index < -0.39 is 5.41 Å². The fraction of sp³-hybridized carbons (Fsp3) is 0.476. The number of nitrogens with zero attached hydrogens (tertiary/aromatic N) is 3. The number of anilines is 1. The molecular weight excluding hydrogens is 376 g/mol. The van der Waals surface area contributed by atoms with Crippen LogP contribution in [0.15, 0.2) is 41.3 Å². The first-order chi connectivity index (χ1) is 13.3. The van der Waals surface area contributed by atoms with Crippen LogP contribution in [0, 0.1) is 11.3 Å². The van der Waals surface area contributed by atoms with Gasteiger partial charge in [0.2, 0.25) is 5.91 Å². The van der Waals surface area contributed by atoms with Crippen molar-refractivity contribution in [3.8, 4) is 5.69 Å². The average Bonchev–Trinajstić information content (AvgIpc) is 2.68. The molecule has 2 aromatic rings. The molecule has 0 spiro atoms. The monoisotopic (exact) mass is 402 g/mol. The summed E-state index contributed by atoms with van der Waals surface area (Å²) >= 11 is 6.43. The summed E-state index contributed by atoms with van der Waals surface area (Å²) in [6.07, 6.45) is 3.67. The molecule has 1 aliphatic heterocycles. The number of carbonyl (C=O) groups excluding carboxylic acids is 1. The maximum absolute atomic E-state index is 12.7. The fourth-order valence-electron chi connectivity index (χ4n) is 3.35. The Kier molecular flexibility index (Phi) is 6.08. The molecule has 7 heteroatoms. The number of rotatable bonds is 4. The summed E-state index contributed by atoms with van der Waals surface area (Å²) in [5.74, 6) is 0.363. The Bertz CT molecular complexity index is 890. The summed E-state index contributed by atoms with van der Waals surface area (Å²) in [4.78, 5) is 27.0. The van der Waals surface area contributed by atoms with E-state index in [1.165, 1.54) is 4.68 Å². The van der Waals surface area contributed by atoms with Crippen molar-refractivity contribution < 1.29 is 4.79 Å². The minimum Gasteiger partial charge on any atom is -0.369 e. The van der Waals surface area contributed by atoms with Gasteiger partial charge in [0, 0.05) is 25.0 Å². The lowest BCUT2D eigenvalue weighted by Crippen LogP contribution is -2.44. The van der Waals surface area contributed by atoms with E-state index >= 15 is 0 Å². The molecule has 1 saturated heterocycles. The minimum atomic E-state index is -0.399. The lowest BCUT2D eigenvalue weighted by atomic mass is 9.94. The number of hydrogen-bond donors (Lipinski definition) is 1. The standard InChI is InChI=1S/C21H27ClN4O2/c1-21(2,3)20(28)23-12-15-8-7-11-25(14-15)17-13-24-26(19(27)18(17)22)16-9-5-4-6-10-16/h4-6,9-10,13,15H,7-8,11-12,14H2,1-3H3,(H,23,28). The molecule has 1 aromatic heterocycles. The van der Waals surface area contributed by atoms with Crippen LogP contribution >= 0.6 is 11.6 Å². The Labute approximate surface area is 170 Å². The third-order valence-corrected chi connectivity index (χ3v) is 5.35. The summed E-state index contributed by atoms with van der Waals surface area (Å²) in [7, 11) is 0. The van der Waals surface area contributed by atoms with Crippen molar-refractivity contribution in [3.05, 3.63) is 51.9 Å². The summed E-state index contributed by atoms with van der Waals surface area (Å²) in [6, 6.07) is 9.23. The first-order valence-corrected chi connectivity index (χ1v) is 10.0. The van der Waals surface area contributed by atoms with Crippen molar-refractivity contribution in [2.45, 2.75) is 33.6 Å². The highest BCUT2D eigenvalue weighted by Gasteiger charge is 2.26. The zero-order valence-corrected chi connectivity index (χ0v) is 17.4. The summed E-state index contributed by atoms with van der Waals surface area (Å²) in [5.41, 5.74) is 0.616. The Morgan fingerprint density at radius 2 is 2.00 bits per heavy atom. The van der Waals surface area contributed by atoms with E-state index in [4.69, 9.17) is 11.6 Å². The summed E-state index contributed by atoms with van der Waals surface area (Å²) in [6.45, 7) is 7.90. The minimum absolute atomic E-state index is 0.0507. The number of para-hydroxylation sites is 1. The highest BCUT2D eigenvalue weighted by molar-refractivity contribution is 6.33. The van der Waals surface area contributed by atoms with Crippen LogP contribution in [0.5, 0.6) is 0 Å². The predicted octanol–water partition coefficient (Wildman–Crippen LogP) is 3.26. The Balaban J connectivity index is 1.74. The molecule has 1 aliphatic rings. The number of nitrogens with one attached hydrogen (secondary N) is 1. The van der Waals surface area contributed by atoms with E-state index in [2.05, 4.69) is 15.3 Å². The Morgan fingerprint density at radius 3 is 2.68 bits per heavy atom. The second-order valence-electron chi connectivity index (χ2n) is 8.31. The molecular formula is C21H27ClN4O2. The molecule has 0 saturated carbocycles. The van der Waals surface area contributed by atoms with Crippen LogP contribution in [0.1, 0.15) is 33.6 Å². The molecule has 3 rings (SSSR count). The van der Waals surface area contributed by atoms with Crippen LogP contribution in [0.3, 0.4) is 0 Å². The average molecular weight is 403 g/mol. The quantitative estimate of drug-likeness (QED) is 0.852. The van der Waals surface area contributed by atoms with Crippen LogP contribution < -0.4 is 15.8 Å². The second kappa shape index (κ2) is 8.35. The number of benzene rings is 1. The highest BCUT2D eigenvalue weighted by Crippen LogP contribution is 2.27. The zero-order chi connectivity index (χ0) is 20.3. The largest absolute Gasteiger partial charge is 0.369 e. The normalized spacial score (nSPS) is 17.4. The second-order valence-corrected chi connectivity index (χ2v) is 8.69. The van der Waals surface area contributed by atoms with Gasteiger partial charge in [0.15, 0.2) is 0 Å². The molecule has 28 heavy (non-hydrogen) atoms. The molecule has 150 valence electrons. The molecule has 1 fully saturated rings. The van der Waals surface area contributed by atoms with Gasteiger partial charge in [0.1, 0.15) is 5.02 Å². The smallest absolute Gasteiger partial charge is 0.292 e.